The standard InChI is InChI=1S/C21H20ClN3O2/c22-17-5-7-18(8-6-17)24-20(26)16-2-1-11-25(13-16)21(27)15-4-3-14-9-10-23-19(14)12-15/h3-10,12,16,23H,1-2,11,13H2,(H,24,26). The molecule has 3 aromatic rings. The maximum Gasteiger partial charge on any atom is 0.253 e. The number of H-pyrrole nitrogens is 1. The summed E-state index contributed by atoms with van der Waals surface area (Å²) in [5.74, 6) is -0.308. The minimum absolute atomic E-state index is 0.0320. The molecule has 1 aliphatic heterocycles. The van der Waals surface area contributed by atoms with Crippen molar-refractivity contribution in [2.45, 2.75) is 12.8 Å². The summed E-state index contributed by atoms with van der Waals surface area (Å²) in [5, 5.41) is 4.62. The predicted octanol–water partition coefficient (Wildman–Crippen LogP) is 4.31. The van der Waals surface area contributed by atoms with Crippen molar-refractivity contribution >= 4 is 40.0 Å². The van der Waals surface area contributed by atoms with Crippen LogP contribution in [0.15, 0.2) is 54.7 Å². The highest BCUT2D eigenvalue weighted by atomic mass is 35.5. The summed E-state index contributed by atoms with van der Waals surface area (Å²) < 4.78 is 0. The average Bonchev–Trinajstić information content (AvgIpc) is 3.17. The van der Waals surface area contributed by atoms with E-state index < -0.39 is 0 Å². The van der Waals surface area contributed by atoms with Gasteiger partial charge in [-0.2, -0.15) is 0 Å². The van der Waals surface area contributed by atoms with Crippen LogP contribution in [0.3, 0.4) is 0 Å². The number of rotatable bonds is 3. The summed E-state index contributed by atoms with van der Waals surface area (Å²) in [5.41, 5.74) is 2.30. The van der Waals surface area contributed by atoms with Crippen molar-refractivity contribution in [3.8, 4) is 0 Å². The Bertz CT molecular complexity index is 981. The van der Waals surface area contributed by atoms with E-state index in [-0.39, 0.29) is 17.7 Å². The van der Waals surface area contributed by atoms with Crippen LogP contribution in [0.25, 0.3) is 10.9 Å². The normalized spacial score (nSPS) is 17.1. The Morgan fingerprint density at radius 1 is 1.11 bits per heavy atom. The Morgan fingerprint density at radius 3 is 2.74 bits per heavy atom. The van der Waals surface area contributed by atoms with Crippen molar-refractivity contribution in [1.29, 1.82) is 0 Å². The summed E-state index contributed by atoms with van der Waals surface area (Å²) in [4.78, 5) is 30.4. The lowest BCUT2D eigenvalue weighted by atomic mass is 9.96. The summed E-state index contributed by atoms with van der Waals surface area (Å²) >= 11 is 5.88. The van der Waals surface area contributed by atoms with Crippen LogP contribution in [-0.4, -0.2) is 34.8 Å². The number of aromatic amines is 1. The number of carbonyl (C=O) groups is 2. The van der Waals surface area contributed by atoms with Crippen molar-refractivity contribution in [2.75, 3.05) is 18.4 Å². The van der Waals surface area contributed by atoms with Crippen LogP contribution in [0.1, 0.15) is 23.2 Å². The molecule has 1 atom stereocenters. The molecule has 1 saturated heterocycles. The van der Waals surface area contributed by atoms with E-state index >= 15 is 0 Å². The fourth-order valence-corrected chi connectivity index (χ4v) is 3.64. The van der Waals surface area contributed by atoms with Gasteiger partial charge >= 0.3 is 0 Å². The zero-order chi connectivity index (χ0) is 18.8. The lowest BCUT2D eigenvalue weighted by Crippen LogP contribution is -2.43. The molecule has 0 radical (unpaired) electrons. The Kier molecular flexibility index (Phi) is 4.86. The number of likely N-dealkylation sites (tertiary alicyclic amines) is 1. The summed E-state index contributed by atoms with van der Waals surface area (Å²) in [6.07, 6.45) is 3.45. The van der Waals surface area contributed by atoms with Gasteiger partial charge < -0.3 is 15.2 Å². The maximum absolute atomic E-state index is 12.9. The van der Waals surface area contributed by atoms with Gasteiger partial charge in [0, 0.05) is 41.1 Å². The van der Waals surface area contributed by atoms with Crippen molar-refractivity contribution in [3.63, 3.8) is 0 Å². The van der Waals surface area contributed by atoms with Gasteiger partial charge in [-0.15, -0.1) is 0 Å². The molecule has 138 valence electrons. The molecule has 1 aromatic heterocycles. The van der Waals surface area contributed by atoms with Gasteiger partial charge in [-0.25, -0.2) is 0 Å². The van der Waals surface area contributed by atoms with Gasteiger partial charge in [0.1, 0.15) is 0 Å². The van der Waals surface area contributed by atoms with Crippen LogP contribution in [0.5, 0.6) is 0 Å². The first-order chi connectivity index (χ1) is 13.1. The van der Waals surface area contributed by atoms with E-state index in [9.17, 15) is 9.59 Å². The smallest absolute Gasteiger partial charge is 0.253 e. The van der Waals surface area contributed by atoms with Crippen LogP contribution in [0.2, 0.25) is 5.02 Å². The molecule has 1 aliphatic rings. The quantitative estimate of drug-likeness (QED) is 0.709. The van der Waals surface area contributed by atoms with Crippen LogP contribution in [0, 0.1) is 5.92 Å². The lowest BCUT2D eigenvalue weighted by molar-refractivity contribution is -0.121. The number of hydrogen-bond acceptors (Lipinski definition) is 2. The fraction of sp³-hybridized carbons (Fsp3) is 0.238. The van der Waals surface area contributed by atoms with Gasteiger partial charge in [0.15, 0.2) is 0 Å². The molecule has 0 aliphatic carbocycles. The Labute approximate surface area is 162 Å². The number of nitrogens with one attached hydrogen (secondary N) is 2. The van der Waals surface area contributed by atoms with Crippen LogP contribution in [-0.2, 0) is 4.79 Å². The number of halogens is 1. The molecule has 5 nitrogen and oxygen atoms in total. The van der Waals surface area contributed by atoms with E-state index in [2.05, 4.69) is 10.3 Å². The molecule has 2 N–H and O–H groups in total. The molecule has 6 heteroatoms. The molecule has 1 fully saturated rings. The molecule has 2 aromatic carbocycles. The van der Waals surface area contributed by atoms with E-state index in [0.717, 1.165) is 23.7 Å². The fourth-order valence-electron chi connectivity index (χ4n) is 3.52. The van der Waals surface area contributed by atoms with E-state index in [1.807, 2.05) is 30.5 Å². The molecule has 2 heterocycles. The first-order valence-electron chi connectivity index (χ1n) is 9.03. The second kappa shape index (κ2) is 7.45. The highest BCUT2D eigenvalue weighted by Gasteiger charge is 2.29. The molecule has 0 bridgehead atoms. The predicted molar refractivity (Wildman–Crippen MR) is 107 cm³/mol. The van der Waals surface area contributed by atoms with Gasteiger partial charge in [-0.3, -0.25) is 9.59 Å². The third-order valence-electron chi connectivity index (χ3n) is 4.99. The molecule has 1 unspecified atom stereocenters. The monoisotopic (exact) mass is 381 g/mol. The number of nitrogens with zero attached hydrogens (tertiary/aromatic N) is 1. The number of carbonyl (C=O) groups excluding carboxylic acids is 2. The Morgan fingerprint density at radius 2 is 1.93 bits per heavy atom. The zero-order valence-electron chi connectivity index (χ0n) is 14.7. The summed E-state index contributed by atoms with van der Waals surface area (Å²) in [6, 6.07) is 14.7. The van der Waals surface area contributed by atoms with E-state index in [0.29, 0.717) is 29.4 Å². The van der Waals surface area contributed by atoms with Gasteiger partial charge in [-0.05, 0) is 60.7 Å². The molecule has 2 amide bonds. The van der Waals surface area contributed by atoms with Crippen molar-refractivity contribution in [2.24, 2.45) is 5.92 Å². The molecule has 4 rings (SSSR count). The van der Waals surface area contributed by atoms with E-state index in [4.69, 9.17) is 11.6 Å². The topological polar surface area (TPSA) is 65.2 Å². The third kappa shape index (κ3) is 3.83. The SMILES string of the molecule is O=C(Nc1ccc(Cl)cc1)C1CCCN(C(=O)c2ccc3cc[nH]c3c2)C1. The highest BCUT2D eigenvalue weighted by Crippen LogP contribution is 2.22. The first kappa shape index (κ1) is 17.6. The summed E-state index contributed by atoms with van der Waals surface area (Å²) in [6.45, 7) is 1.10. The van der Waals surface area contributed by atoms with Crippen LogP contribution < -0.4 is 5.32 Å². The van der Waals surface area contributed by atoms with E-state index in [1.54, 1.807) is 29.2 Å². The maximum atomic E-state index is 12.9. The highest BCUT2D eigenvalue weighted by molar-refractivity contribution is 6.30. The number of anilines is 1. The number of aromatic nitrogens is 1. The molecular weight excluding hydrogens is 362 g/mol. The second-order valence-corrected chi connectivity index (χ2v) is 7.30. The minimum Gasteiger partial charge on any atom is -0.361 e. The zero-order valence-corrected chi connectivity index (χ0v) is 15.5. The molecule has 0 saturated carbocycles. The molecular formula is C21H20ClN3O2. The largest absolute Gasteiger partial charge is 0.361 e. The Hall–Kier alpha value is -2.79. The number of hydrogen-bond donors (Lipinski definition) is 2. The Balaban J connectivity index is 1.44. The molecule has 0 spiro atoms. The van der Waals surface area contributed by atoms with E-state index in [1.165, 1.54) is 0 Å². The van der Waals surface area contributed by atoms with Gasteiger partial charge in [0.2, 0.25) is 5.91 Å². The van der Waals surface area contributed by atoms with Gasteiger partial charge in [0.25, 0.3) is 5.91 Å². The molecule has 27 heavy (non-hydrogen) atoms. The third-order valence-corrected chi connectivity index (χ3v) is 5.25. The van der Waals surface area contributed by atoms with Crippen LogP contribution in [0.4, 0.5) is 5.69 Å². The van der Waals surface area contributed by atoms with Crippen LogP contribution >= 0.6 is 11.6 Å². The van der Waals surface area contributed by atoms with Gasteiger partial charge in [-0.1, -0.05) is 17.7 Å². The number of amides is 2. The van der Waals surface area contributed by atoms with Crippen molar-refractivity contribution < 1.29 is 9.59 Å². The average molecular weight is 382 g/mol. The lowest BCUT2D eigenvalue weighted by Gasteiger charge is -2.32. The second-order valence-electron chi connectivity index (χ2n) is 6.87. The number of fused-ring (bicyclic) bond motifs is 1. The number of benzene rings is 2. The van der Waals surface area contributed by atoms with Crippen molar-refractivity contribution in [3.05, 3.63) is 65.3 Å². The summed E-state index contributed by atoms with van der Waals surface area (Å²) in [7, 11) is 0. The van der Waals surface area contributed by atoms with Crippen molar-refractivity contribution in [1.82, 2.24) is 9.88 Å². The number of piperidine rings is 1. The first-order valence-corrected chi connectivity index (χ1v) is 9.41. The minimum atomic E-state index is -0.215. The van der Waals surface area contributed by atoms with Gasteiger partial charge in [0.05, 0.1) is 5.92 Å².